The number of amides is 1. The molecule has 2 aromatic rings. The number of carbonyl (C=O) groups is 1. The predicted octanol–water partition coefficient (Wildman–Crippen LogP) is 1.86. The van der Waals surface area contributed by atoms with Crippen LogP contribution in [0.2, 0.25) is 0 Å². The van der Waals surface area contributed by atoms with Crippen molar-refractivity contribution in [2.24, 2.45) is 5.41 Å². The fourth-order valence-corrected chi connectivity index (χ4v) is 3.26. The summed E-state index contributed by atoms with van der Waals surface area (Å²) in [6, 6.07) is 7.68. The molecule has 0 saturated carbocycles. The largest absolute Gasteiger partial charge is 0.363 e. The first-order valence-corrected chi connectivity index (χ1v) is 8.90. The second-order valence-electron chi connectivity index (χ2n) is 7.22. The van der Waals surface area contributed by atoms with Crippen molar-refractivity contribution in [2.75, 3.05) is 37.0 Å². The van der Waals surface area contributed by atoms with Gasteiger partial charge in [-0.15, -0.1) is 0 Å². The SMILES string of the molecule is CN(C)c1cc(N2CCCC(C)(C(=O)NCc3ccccn3)C2)ncn1. The Morgan fingerprint density at radius 2 is 2.15 bits per heavy atom. The molecule has 26 heavy (non-hydrogen) atoms. The van der Waals surface area contributed by atoms with E-state index in [4.69, 9.17) is 0 Å². The van der Waals surface area contributed by atoms with Crippen LogP contribution in [0.4, 0.5) is 11.6 Å². The number of anilines is 2. The average Bonchev–Trinajstić information content (AvgIpc) is 2.67. The van der Waals surface area contributed by atoms with Crippen LogP contribution in [0.1, 0.15) is 25.5 Å². The quantitative estimate of drug-likeness (QED) is 0.883. The standard InChI is InChI=1S/C19H26N6O/c1-19(18(26)21-12-15-7-4-5-9-20-15)8-6-10-25(13-19)17-11-16(24(2)3)22-14-23-17/h4-5,7,9,11,14H,6,8,10,12-13H2,1-3H3,(H,21,26). The van der Waals surface area contributed by atoms with Gasteiger partial charge in [0.05, 0.1) is 17.7 Å². The Hall–Kier alpha value is -2.70. The molecule has 1 saturated heterocycles. The van der Waals surface area contributed by atoms with Crippen LogP contribution in [-0.2, 0) is 11.3 Å². The van der Waals surface area contributed by atoms with Crippen LogP contribution in [-0.4, -0.2) is 48.0 Å². The number of nitrogens with one attached hydrogen (secondary N) is 1. The van der Waals surface area contributed by atoms with E-state index in [1.54, 1.807) is 12.5 Å². The lowest BCUT2D eigenvalue weighted by Crippen LogP contribution is -2.50. The Morgan fingerprint density at radius 3 is 2.88 bits per heavy atom. The number of piperidine rings is 1. The van der Waals surface area contributed by atoms with E-state index in [0.29, 0.717) is 13.1 Å². The van der Waals surface area contributed by atoms with Crippen molar-refractivity contribution >= 4 is 17.5 Å². The molecule has 2 aromatic heterocycles. The van der Waals surface area contributed by atoms with Crippen molar-refractivity contribution in [2.45, 2.75) is 26.3 Å². The predicted molar refractivity (Wildman–Crippen MR) is 102 cm³/mol. The van der Waals surface area contributed by atoms with Crippen LogP contribution in [0, 0.1) is 5.41 Å². The molecule has 138 valence electrons. The number of nitrogens with zero attached hydrogens (tertiary/aromatic N) is 5. The van der Waals surface area contributed by atoms with Gasteiger partial charge in [0.2, 0.25) is 5.91 Å². The molecule has 1 aliphatic rings. The third-order valence-corrected chi connectivity index (χ3v) is 4.82. The number of hydrogen-bond acceptors (Lipinski definition) is 6. The van der Waals surface area contributed by atoms with Crippen molar-refractivity contribution in [1.29, 1.82) is 0 Å². The molecule has 3 rings (SSSR count). The van der Waals surface area contributed by atoms with E-state index in [9.17, 15) is 4.79 Å². The lowest BCUT2D eigenvalue weighted by Gasteiger charge is -2.40. The summed E-state index contributed by atoms with van der Waals surface area (Å²) in [6.45, 7) is 4.02. The molecule has 0 aromatic carbocycles. The third kappa shape index (κ3) is 4.09. The first-order valence-electron chi connectivity index (χ1n) is 8.90. The van der Waals surface area contributed by atoms with Gasteiger partial charge >= 0.3 is 0 Å². The Labute approximate surface area is 154 Å². The number of rotatable bonds is 5. The second kappa shape index (κ2) is 7.68. The summed E-state index contributed by atoms with van der Waals surface area (Å²) < 4.78 is 0. The summed E-state index contributed by atoms with van der Waals surface area (Å²) in [5, 5.41) is 3.04. The smallest absolute Gasteiger partial charge is 0.228 e. The van der Waals surface area contributed by atoms with Crippen LogP contribution in [0.5, 0.6) is 0 Å². The van der Waals surface area contributed by atoms with Crippen molar-refractivity contribution in [3.63, 3.8) is 0 Å². The fourth-order valence-electron chi connectivity index (χ4n) is 3.26. The average molecular weight is 354 g/mol. The van der Waals surface area contributed by atoms with Gasteiger partial charge in [-0.25, -0.2) is 9.97 Å². The van der Waals surface area contributed by atoms with Crippen LogP contribution in [0.25, 0.3) is 0 Å². The van der Waals surface area contributed by atoms with Gasteiger partial charge in [-0.3, -0.25) is 9.78 Å². The molecule has 1 atom stereocenters. The third-order valence-electron chi connectivity index (χ3n) is 4.82. The molecule has 0 radical (unpaired) electrons. The highest BCUT2D eigenvalue weighted by Crippen LogP contribution is 2.32. The summed E-state index contributed by atoms with van der Waals surface area (Å²) >= 11 is 0. The topological polar surface area (TPSA) is 74.2 Å². The van der Waals surface area contributed by atoms with E-state index in [2.05, 4.69) is 25.2 Å². The van der Waals surface area contributed by atoms with Gasteiger partial charge < -0.3 is 15.1 Å². The van der Waals surface area contributed by atoms with Gasteiger partial charge in [0.1, 0.15) is 18.0 Å². The highest BCUT2D eigenvalue weighted by Gasteiger charge is 2.38. The Morgan fingerprint density at radius 1 is 1.31 bits per heavy atom. The minimum Gasteiger partial charge on any atom is -0.363 e. The van der Waals surface area contributed by atoms with Crippen molar-refractivity contribution in [3.8, 4) is 0 Å². The van der Waals surface area contributed by atoms with E-state index in [1.165, 1.54) is 0 Å². The van der Waals surface area contributed by atoms with Crippen LogP contribution in [0.15, 0.2) is 36.8 Å². The van der Waals surface area contributed by atoms with Crippen molar-refractivity contribution in [3.05, 3.63) is 42.5 Å². The number of pyridine rings is 1. The first-order chi connectivity index (χ1) is 12.5. The van der Waals surface area contributed by atoms with Crippen LogP contribution < -0.4 is 15.1 Å². The molecular formula is C19H26N6O. The molecule has 1 aliphatic heterocycles. The molecule has 7 nitrogen and oxygen atoms in total. The number of carbonyl (C=O) groups excluding carboxylic acids is 1. The van der Waals surface area contributed by atoms with Gasteiger partial charge in [0.25, 0.3) is 0 Å². The van der Waals surface area contributed by atoms with E-state index in [1.807, 2.05) is 50.2 Å². The van der Waals surface area contributed by atoms with Gasteiger partial charge in [0, 0.05) is 39.4 Å². The van der Waals surface area contributed by atoms with Gasteiger partial charge in [-0.05, 0) is 31.9 Å². The van der Waals surface area contributed by atoms with Gasteiger partial charge in [0.15, 0.2) is 0 Å². The van der Waals surface area contributed by atoms with Crippen molar-refractivity contribution in [1.82, 2.24) is 20.3 Å². The number of aromatic nitrogens is 3. The summed E-state index contributed by atoms with van der Waals surface area (Å²) in [4.78, 5) is 29.9. The van der Waals surface area contributed by atoms with Crippen LogP contribution in [0.3, 0.4) is 0 Å². The molecule has 1 fully saturated rings. The maximum absolute atomic E-state index is 12.8. The number of hydrogen-bond donors (Lipinski definition) is 1. The van der Waals surface area contributed by atoms with E-state index in [0.717, 1.165) is 36.7 Å². The lowest BCUT2D eigenvalue weighted by atomic mass is 9.81. The van der Waals surface area contributed by atoms with Crippen LogP contribution >= 0.6 is 0 Å². The summed E-state index contributed by atoms with van der Waals surface area (Å²) in [7, 11) is 3.91. The Bertz CT molecular complexity index is 751. The molecule has 0 spiro atoms. The van der Waals surface area contributed by atoms with E-state index in [-0.39, 0.29) is 5.91 Å². The highest BCUT2D eigenvalue weighted by atomic mass is 16.2. The van der Waals surface area contributed by atoms with E-state index < -0.39 is 5.41 Å². The van der Waals surface area contributed by atoms with E-state index >= 15 is 0 Å². The molecule has 0 bridgehead atoms. The Kier molecular flexibility index (Phi) is 5.35. The molecule has 0 aliphatic carbocycles. The monoisotopic (exact) mass is 354 g/mol. The minimum atomic E-state index is -0.448. The first kappa shape index (κ1) is 18.1. The second-order valence-corrected chi connectivity index (χ2v) is 7.22. The lowest BCUT2D eigenvalue weighted by molar-refractivity contribution is -0.130. The van der Waals surface area contributed by atoms with Gasteiger partial charge in [-0.1, -0.05) is 6.07 Å². The Balaban J connectivity index is 1.68. The maximum Gasteiger partial charge on any atom is 0.228 e. The normalized spacial score (nSPS) is 19.9. The summed E-state index contributed by atoms with van der Waals surface area (Å²) in [5.41, 5.74) is 0.416. The minimum absolute atomic E-state index is 0.0646. The molecule has 3 heterocycles. The zero-order valence-corrected chi connectivity index (χ0v) is 15.6. The summed E-state index contributed by atoms with van der Waals surface area (Å²) in [6.07, 6.45) is 5.14. The maximum atomic E-state index is 12.8. The summed E-state index contributed by atoms with van der Waals surface area (Å²) in [5.74, 6) is 1.80. The molecule has 1 unspecified atom stereocenters. The highest BCUT2D eigenvalue weighted by molar-refractivity contribution is 5.83. The molecule has 7 heteroatoms. The zero-order valence-electron chi connectivity index (χ0n) is 15.6. The van der Waals surface area contributed by atoms with Gasteiger partial charge in [-0.2, -0.15) is 0 Å². The zero-order chi connectivity index (χ0) is 18.6. The fraction of sp³-hybridized carbons (Fsp3) is 0.474. The molecule has 1 N–H and O–H groups in total. The molecule has 1 amide bonds. The van der Waals surface area contributed by atoms with Crippen molar-refractivity contribution < 1.29 is 4.79 Å². The molecular weight excluding hydrogens is 328 g/mol.